The van der Waals surface area contributed by atoms with Crippen molar-refractivity contribution in [2.24, 2.45) is 11.8 Å². The molecule has 0 spiro atoms. The average Bonchev–Trinajstić information content (AvgIpc) is 3.69. The van der Waals surface area contributed by atoms with Gasteiger partial charge in [0.15, 0.2) is 0 Å². The van der Waals surface area contributed by atoms with Crippen molar-refractivity contribution in [2.75, 3.05) is 19.8 Å². The molecule has 1 saturated carbocycles. The second-order valence-electron chi connectivity index (χ2n) is 12.6. The summed E-state index contributed by atoms with van der Waals surface area (Å²) in [6.07, 6.45) is 4.74. The number of ether oxygens (including phenoxy) is 4. The molecule has 0 aromatic heterocycles. The monoisotopic (exact) mass is 618 g/mol. The van der Waals surface area contributed by atoms with E-state index in [-0.39, 0.29) is 41.7 Å². The van der Waals surface area contributed by atoms with Gasteiger partial charge in [0, 0.05) is 23.3 Å². The lowest BCUT2D eigenvalue weighted by molar-refractivity contribution is -0.141. The minimum absolute atomic E-state index is 0.0132. The Hall–Kier alpha value is -2.94. The summed E-state index contributed by atoms with van der Waals surface area (Å²) >= 11 is 6.17. The maximum Gasteiger partial charge on any atom is 0.306 e. The van der Waals surface area contributed by atoms with Crippen LogP contribution in [-0.4, -0.2) is 52.1 Å². The lowest BCUT2D eigenvalue weighted by Gasteiger charge is -2.45. The summed E-state index contributed by atoms with van der Waals surface area (Å²) in [5, 5.41) is 2.86. The number of hydrogen-bond acceptors (Lipinski definition) is 6. The third kappa shape index (κ3) is 6.06. The summed E-state index contributed by atoms with van der Waals surface area (Å²) < 4.78 is 31.7. The largest absolute Gasteiger partial charge is 0.488 e. The first-order chi connectivity index (χ1) is 20.7. The van der Waals surface area contributed by atoms with E-state index in [1.807, 2.05) is 30.3 Å². The number of hydrogen-bond donors (Lipinski definition) is 0. The Morgan fingerprint density at radius 3 is 2.21 bits per heavy atom. The maximum atomic E-state index is 12.4. The highest BCUT2D eigenvalue weighted by atomic mass is 35.5. The third-order valence-corrected chi connectivity index (χ3v) is 14.2. The van der Waals surface area contributed by atoms with E-state index in [0.29, 0.717) is 36.8 Å². The lowest BCUT2D eigenvalue weighted by Crippen LogP contribution is -2.68. The highest BCUT2D eigenvalue weighted by molar-refractivity contribution is 6.99. The van der Waals surface area contributed by atoms with Gasteiger partial charge in [-0.1, -0.05) is 105 Å². The van der Waals surface area contributed by atoms with Crippen molar-refractivity contribution in [3.05, 3.63) is 102 Å². The normalized spacial score (nSPS) is 25.2. The van der Waals surface area contributed by atoms with Gasteiger partial charge in [0.1, 0.15) is 18.5 Å². The number of rotatable bonds is 9. The summed E-state index contributed by atoms with van der Waals surface area (Å²) in [6, 6.07) is 28.6. The third-order valence-electron chi connectivity index (χ3n) is 8.88. The molecule has 0 amide bonds. The predicted octanol–water partition coefficient (Wildman–Crippen LogP) is 5.91. The SMILES string of the molecule is CC(C)(C)[Si](OC1CC2OC(=O)CC2C1C=CC1(COc2cccc(Cl)c2)OCCO1)(c1ccccc1)c1ccccc1. The summed E-state index contributed by atoms with van der Waals surface area (Å²) in [6.45, 7) is 7.93. The van der Waals surface area contributed by atoms with Crippen molar-refractivity contribution in [2.45, 2.75) is 56.6 Å². The molecule has 3 aliphatic rings. The van der Waals surface area contributed by atoms with Crippen LogP contribution >= 0.6 is 11.6 Å². The zero-order valence-corrected chi connectivity index (χ0v) is 26.7. The average molecular weight is 619 g/mol. The van der Waals surface area contributed by atoms with Crippen LogP contribution in [0.15, 0.2) is 97.1 Å². The Kier molecular flexibility index (Phi) is 8.55. The van der Waals surface area contributed by atoms with Crippen molar-refractivity contribution in [3.8, 4) is 5.75 Å². The molecule has 6 nitrogen and oxygen atoms in total. The molecule has 4 unspecified atom stereocenters. The lowest BCUT2D eigenvalue weighted by atomic mass is 9.91. The fraction of sp³-hybridized carbons (Fsp3) is 0.400. The molecule has 6 rings (SSSR count). The Labute approximate surface area is 260 Å². The molecule has 2 saturated heterocycles. The van der Waals surface area contributed by atoms with E-state index in [4.69, 9.17) is 35.0 Å². The molecule has 8 heteroatoms. The summed E-state index contributed by atoms with van der Waals surface area (Å²) in [4.78, 5) is 12.4. The van der Waals surface area contributed by atoms with E-state index in [0.717, 1.165) is 0 Å². The molecule has 43 heavy (non-hydrogen) atoms. The van der Waals surface area contributed by atoms with Gasteiger partial charge in [0.25, 0.3) is 8.32 Å². The molecule has 2 aliphatic heterocycles. The highest BCUT2D eigenvalue weighted by Gasteiger charge is 2.57. The summed E-state index contributed by atoms with van der Waals surface area (Å²) in [7, 11) is -2.84. The van der Waals surface area contributed by atoms with E-state index >= 15 is 0 Å². The number of fused-ring (bicyclic) bond motifs is 1. The quantitative estimate of drug-likeness (QED) is 0.169. The molecule has 0 bridgehead atoms. The summed E-state index contributed by atoms with van der Waals surface area (Å²) in [5.41, 5.74) is 0. The fourth-order valence-electron chi connectivity index (χ4n) is 6.91. The van der Waals surface area contributed by atoms with Crippen LogP contribution in [0.5, 0.6) is 5.75 Å². The Balaban J connectivity index is 1.35. The van der Waals surface area contributed by atoms with Gasteiger partial charge < -0.3 is 23.4 Å². The molecular formula is C35H39ClO6Si. The minimum atomic E-state index is -2.84. The van der Waals surface area contributed by atoms with Gasteiger partial charge in [-0.3, -0.25) is 4.79 Å². The first kappa shape index (κ1) is 30.1. The van der Waals surface area contributed by atoms with Gasteiger partial charge in [-0.2, -0.15) is 0 Å². The van der Waals surface area contributed by atoms with Crippen LogP contribution < -0.4 is 15.1 Å². The Morgan fingerprint density at radius 2 is 1.60 bits per heavy atom. The van der Waals surface area contributed by atoms with Gasteiger partial charge in [-0.15, -0.1) is 0 Å². The van der Waals surface area contributed by atoms with Gasteiger partial charge in [0.2, 0.25) is 5.79 Å². The zero-order chi connectivity index (χ0) is 30.1. The van der Waals surface area contributed by atoms with E-state index in [9.17, 15) is 4.79 Å². The van der Waals surface area contributed by atoms with Gasteiger partial charge in [-0.25, -0.2) is 0 Å². The standard InChI is InChI=1S/C35H39ClO6Si/c1-34(2,3)43(27-13-6-4-7-14-27,28-15-8-5-9-16-28)42-32-23-31-30(22-33(37)41-31)29(32)17-18-35(39-19-20-40-35)24-38-26-12-10-11-25(36)21-26/h4-18,21,29-32H,19-20,22-24H2,1-3H3. The van der Waals surface area contributed by atoms with E-state index < -0.39 is 14.1 Å². The van der Waals surface area contributed by atoms with Crippen molar-refractivity contribution < 1.29 is 28.2 Å². The molecule has 226 valence electrons. The molecule has 3 fully saturated rings. The number of esters is 1. The van der Waals surface area contributed by atoms with Crippen LogP contribution in [0.3, 0.4) is 0 Å². The van der Waals surface area contributed by atoms with Crippen LogP contribution in [0.4, 0.5) is 0 Å². The van der Waals surface area contributed by atoms with Gasteiger partial charge in [0.05, 0.1) is 25.7 Å². The first-order valence-electron chi connectivity index (χ1n) is 15.0. The number of carbonyl (C=O) groups is 1. The van der Waals surface area contributed by atoms with Crippen molar-refractivity contribution in [1.29, 1.82) is 0 Å². The van der Waals surface area contributed by atoms with Crippen LogP contribution in [-0.2, 0) is 23.4 Å². The van der Waals surface area contributed by atoms with Gasteiger partial charge >= 0.3 is 5.97 Å². The van der Waals surface area contributed by atoms with Crippen LogP contribution in [0.25, 0.3) is 0 Å². The molecular weight excluding hydrogens is 580 g/mol. The zero-order valence-electron chi connectivity index (χ0n) is 24.9. The van der Waals surface area contributed by atoms with E-state index in [1.54, 1.807) is 12.1 Å². The minimum Gasteiger partial charge on any atom is -0.488 e. The summed E-state index contributed by atoms with van der Waals surface area (Å²) in [5.74, 6) is -0.618. The molecule has 1 aliphatic carbocycles. The van der Waals surface area contributed by atoms with Crippen LogP contribution in [0, 0.1) is 11.8 Å². The van der Waals surface area contributed by atoms with E-state index in [1.165, 1.54) is 10.4 Å². The first-order valence-corrected chi connectivity index (χ1v) is 17.3. The molecule has 4 atom stereocenters. The fourth-order valence-corrected chi connectivity index (χ4v) is 11.8. The van der Waals surface area contributed by atoms with E-state index in [2.05, 4.69) is 75.4 Å². The second-order valence-corrected chi connectivity index (χ2v) is 17.3. The Bertz CT molecular complexity index is 1390. The molecule has 3 aromatic rings. The Morgan fingerprint density at radius 1 is 0.953 bits per heavy atom. The molecule has 2 heterocycles. The molecule has 0 N–H and O–H groups in total. The highest BCUT2D eigenvalue weighted by Crippen LogP contribution is 2.47. The van der Waals surface area contributed by atoms with Crippen LogP contribution in [0.1, 0.15) is 33.6 Å². The predicted molar refractivity (Wildman–Crippen MR) is 169 cm³/mol. The van der Waals surface area contributed by atoms with Crippen molar-refractivity contribution in [3.63, 3.8) is 0 Å². The molecule has 3 aromatic carbocycles. The van der Waals surface area contributed by atoms with Crippen LogP contribution in [0.2, 0.25) is 10.1 Å². The number of benzene rings is 3. The second kappa shape index (κ2) is 12.2. The number of carbonyl (C=O) groups excluding carboxylic acids is 1. The molecule has 0 radical (unpaired) electrons. The van der Waals surface area contributed by atoms with Crippen molar-refractivity contribution in [1.82, 2.24) is 0 Å². The maximum absolute atomic E-state index is 12.4. The van der Waals surface area contributed by atoms with Crippen molar-refractivity contribution >= 4 is 36.3 Å². The smallest absolute Gasteiger partial charge is 0.306 e. The topological polar surface area (TPSA) is 63.2 Å². The number of halogens is 1. The van der Waals surface area contributed by atoms with Gasteiger partial charge in [-0.05, 0) is 39.7 Å².